The Morgan fingerprint density at radius 2 is 1.70 bits per heavy atom. The van der Waals surface area contributed by atoms with Crippen molar-refractivity contribution in [2.75, 3.05) is 13.7 Å². The van der Waals surface area contributed by atoms with E-state index in [4.69, 9.17) is 0 Å². The number of esters is 1. The first kappa shape index (κ1) is 20.2. The summed E-state index contributed by atoms with van der Waals surface area (Å²) in [5, 5.41) is 1.30. The lowest BCUT2D eigenvalue weighted by Crippen LogP contribution is -2.36. The molecular weight excluding hydrogens is 376 g/mol. The van der Waals surface area contributed by atoms with Crippen LogP contribution >= 0.6 is 0 Å². The number of unbranched alkanes of at least 4 members (excludes halogenated alkanes) is 1. The first-order valence-corrected chi connectivity index (χ1v) is 10.6. The molecule has 2 aromatic carbocycles. The highest BCUT2D eigenvalue weighted by molar-refractivity contribution is 5.86. The van der Waals surface area contributed by atoms with Crippen LogP contribution in [0.15, 0.2) is 54.6 Å². The summed E-state index contributed by atoms with van der Waals surface area (Å²) in [4.78, 5) is 26.0. The second kappa shape index (κ2) is 9.16. The molecule has 1 aromatic heterocycles. The van der Waals surface area contributed by atoms with Gasteiger partial charge in [0.05, 0.1) is 13.7 Å². The number of hydrogen-bond donors (Lipinski definition) is 0. The molecule has 0 saturated heterocycles. The Morgan fingerprint density at radius 3 is 2.50 bits per heavy atom. The molecule has 0 spiro atoms. The van der Waals surface area contributed by atoms with Gasteiger partial charge in [0, 0.05) is 42.5 Å². The lowest BCUT2D eigenvalue weighted by atomic mass is 10.0. The summed E-state index contributed by atoms with van der Waals surface area (Å²) in [6, 6.07) is 19.0. The largest absolute Gasteiger partial charge is 0.469 e. The van der Waals surface area contributed by atoms with E-state index in [1.54, 1.807) is 0 Å². The number of methoxy groups -OCH3 is 1. The third kappa shape index (κ3) is 4.25. The SMILES string of the molecule is COC(=O)CCCCC(=O)N1CCc2c(n(Cc3ccccc3)c3ccccc23)C1. The molecule has 0 unspecified atom stereocenters. The number of para-hydroxylation sites is 1. The molecule has 2 heterocycles. The number of aromatic nitrogens is 1. The molecule has 5 nitrogen and oxygen atoms in total. The van der Waals surface area contributed by atoms with Crippen molar-refractivity contribution < 1.29 is 14.3 Å². The van der Waals surface area contributed by atoms with Crippen molar-refractivity contribution in [2.24, 2.45) is 0 Å². The third-order valence-electron chi connectivity index (χ3n) is 5.95. The average Bonchev–Trinajstić information content (AvgIpc) is 3.10. The highest BCUT2D eigenvalue weighted by Crippen LogP contribution is 2.32. The normalized spacial score (nSPS) is 13.3. The predicted molar refractivity (Wildman–Crippen MR) is 117 cm³/mol. The van der Waals surface area contributed by atoms with Crippen molar-refractivity contribution in [3.63, 3.8) is 0 Å². The number of nitrogens with zero attached hydrogens (tertiary/aromatic N) is 2. The van der Waals surface area contributed by atoms with Gasteiger partial charge in [0.1, 0.15) is 0 Å². The molecule has 0 aliphatic carbocycles. The maximum absolute atomic E-state index is 12.8. The van der Waals surface area contributed by atoms with Crippen molar-refractivity contribution in [2.45, 2.75) is 45.2 Å². The van der Waals surface area contributed by atoms with Crippen LogP contribution in [0, 0.1) is 0 Å². The number of fused-ring (bicyclic) bond motifs is 3. The van der Waals surface area contributed by atoms with E-state index in [-0.39, 0.29) is 11.9 Å². The first-order valence-electron chi connectivity index (χ1n) is 10.6. The van der Waals surface area contributed by atoms with Crippen LogP contribution in [0.2, 0.25) is 0 Å². The maximum Gasteiger partial charge on any atom is 0.305 e. The van der Waals surface area contributed by atoms with Gasteiger partial charge in [-0.2, -0.15) is 0 Å². The molecule has 1 aliphatic heterocycles. The fourth-order valence-electron chi connectivity index (χ4n) is 4.36. The van der Waals surface area contributed by atoms with Crippen LogP contribution in [0.4, 0.5) is 0 Å². The van der Waals surface area contributed by atoms with E-state index in [1.165, 1.54) is 34.8 Å². The van der Waals surface area contributed by atoms with E-state index in [0.29, 0.717) is 32.2 Å². The van der Waals surface area contributed by atoms with Gasteiger partial charge in [-0.15, -0.1) is 0 Å². The molecule has 30 heavy (non-hydrogen) atoms. The molecule has 1 amide bonds. The highest BCUT2D eigenvalue weighted by Gasteiger charge is 2.26. The van der Waals surface area contributed by atoms with Crippen LogP contribution in [-0.2, 0) is 33.8 Å². The van der Waals surface area contributed by atoms with Crippen LogP contribution < -0.4 is 0 Å². The Bertz CT molecular complexity index is 1040. The summed E-state index contributed by atoms with van der Waals surface area (Å²) in [6.45, 7) is 2.20. The lowest BCUT2D eigenvalue weighted by molar-refractivity contribution is -0.141. The van der Waals surface area contributed by atoms with Gasteiger partial charge in [0.15, 0.2) is 0 Å². The standard InChI is InChI=1S/C25H28N2O3/c1-30-25(29)14-8-7-13-24(28)26-16-15-21-20-11-5-6-12-22(20)27(23(21)18-26)17-19-9-3-2-4-10-19/h2-6,9-12H,7-8,13-18H2,1H3. The molecular formula is C25H28N2O3. The van der Waals surface area contributed by atoms with Crippen LogP contribution in [-0.4, -0.2) is 35.0 Å². The van der Waals surface area contributed by atoms with Crippen molar-refractivity contribution in [3.8, 4) is 0 Å². The quantitative estimate of drug-likeness (QED) is 0.436. The van der Waals surface area contributed by atoms with Crippen LogP contribution in [0.5, 0.6) is 0 Å². The molecule has 3 aromatic rings. The van der Waals surface area contributed by atoms with Gasteiger partial charge < -0.3 is 14.2 Å². The van der Waals surface area contributed by atoms with Crippen molar-refractivity contribution in [1.29, 1.82) is 0 Å². The molecule has 0 atom stereocenters. The zero-order valence-corrected chi connectivity index (χ0v) is 17.5. The highest BCUT2D eigenvalue weighted by atomic mass is 16.5. The van der Waals surface area contributed by atoms with E-state index >= 15 is 0 Å². The van der Waals surface area contributed by atoms with Crippen LogP contribution in [0.1, 0.15) is 42.5 Å². The Hall–Kier alpha value is -3.08. The van der Waals surface area contributed by atoms with E-state index in [2.05, 4.69) is 57.8 Å². The summed E-state index contributed by atoms with van der Waals surface area (Å²) in [5.74, 6) is -0.0440. The monoisotopic (exact) mass is 404 g/mol. The molecule has 0 fully saturated rings. The van der Waals surface area contributed by atoms with E-state index < -0.39 is 0 Å². The topological polar surface area (TPSA) is 51.5 Å². The molecule has 1 aliphatic rings. The van der Waals surface area contributed by atoms with E-state index in [0.717, 1.165) is 19.5 Å². The molecule has 5 heteroatoms. The lowest BCUT2D eigenvalue weighted by Gasteiger charge is -2.29. The summed E-state index contributed by atoms with van der Waals surface area (Å²) in [7, 11) is 1.40. The number of rotatable bonds is 7. The van der Waals surface area contributed by atoms with E-state index in [9.17, 15) is 9.59 Å². The zero-order valence-electron chi connectivity index (χ0n) is 17.5. The van der Waals surface area contributed by atoms with Crippen LogP contribution in [0.3, 0.4) is 0 Å². The molecule has 0 N–H and O–H groups in total. The molecule has 0 bridgehead atoms. The number of hydrogen-bond acceptors (Lipinski definition) is 3. The van der Waals surface area contributed by atoms with Crippen molar-refractivity contribution >= 4 is 22.8 Å². The third-order valence-corrected chi connectivity index (χ3v) is 5.95. The summed E-state index contributed by atoms with van der Waals surface area (Å²) < 4.78 is 7.04. The number of carbonyl (C=O) groups is 2. The predicted octanol–water partition coefficient (Wildman–Crippen LogP) is 4.31. The minimum Gasteiger partial charge on any atom is -0.469 e. The summed E-state index contributed by atoms with van der Waals surface area (Å²) >= 11 is 0. The van der Waals surface area contributed by atoms with Gasteiger partial charge in [0.25, 0.3) is 0 Å². The average molecular weight is 405 g/mol. The fraction of sp³-hybridized carbons (Fsp3) is 0.360. The summed E-state index contributed by atoms with van der Waals surface area (Å²) in [5.41, 5.74) is 5.11. The molecule has 4 rings (SSSR count). The second-order valence-electron chi connectivity index (χ2n) is 7.86. The fourth-order valence-corrected chi connectivity index (χ4v) is 4.36. The maximum atomic E-state index is 12.8. The van der Waals surface area contributed by atoms with Gasteiger partial charge >= 0.3 is 5.97 Å². The van der Waals surface area contributed by atoms with E-state index in [1.807, 2.05) is 11.0 Å². The number of ether oxygens (including phenoxy) is 1. The van der Waals surface area contributed by atoms with Crippen molar-refractivity contribution in [1.82, 2.24) is 9.47 Å². The Morgan fingerprint density at radius 1 is 0.967 bits per heavy atom. The smallest absolute Gasteiger partial charge is 0.305 e. The Balaban J connectivity index is 1.52. The number of carbonyl (C=O) groups excluding carboxylic acids is 2. The molecule has 0 saturated carbocycles. The number of amides is 1. The Labute approximate surface area is 177 Å². The Kier molecular flexibility index (Phi) is 6.17. The summed E-state index contributed by atoms with van der Waals surface area (Å²) in [6.07, 6.45) is 3.13. The van der Waals surface area contributed by atoms with Gasteiger partial charge in [0.2, 0.25) is 5.91 Å². The number of benzene rings is 2. The van der Waals surface area contributed by atoms with Gasteiger partial charge in [-0.3, -0.25) is 9.59 Å². The first-order chi connectivity index (χ1) is 14.7. The van der Waals surface area contributed by atoms with Gasteiger partial charge in [-0.05, 0) is 36.5 Å². The zero-order chi connectivity index (χ0) is 20.9. The second-order valence-corrected chi connectivity index (χ2v) is 7.86. The minimum absolute atomic E-state index is 0.169. The van der Waals surface area contributed by atoms with Crippen LogP contribution in [0.25, 0.3) is 10.9 Å². The molecule has 156 valence electrons. The van der Waals surface area contributed by atoms with Crippen molar-refractivity contribution in [3.05, 3.63) is 71.4 Å². The van der Waals surface area contributed by atoms with Gasteiger partial charge in [-0.25, -0.2) is 0 Å². The van der Waals surface area contributed by atoms with Gasteiger partial charge in [-0.1, -0.05) is 48.5 Å². The molecule has 0 radical (unpaired) electrons. The minimum atomic E-state index is -0.213.